The van der Waals surface area contributed by atoms with Crippen LogP contribution in [0.3, 0.4) is 0 Å². The Morgan fingerprint density at radius 2 is 2.12 bits per heavy atom. The molecule has 0 saturated carbocycles. The summed E-state index contributed by atoms with van der Waals surface area (Å²) in [6.07, 6.45) is 7.50. The van der Waals surface area contributed by atoms with E-state index in [0.717, 1.165) is 71.8 Å². The largest absolute Gasteiger partial charge is 0.488 e. The number of anilines is 1. The van der Waals surface area contributed by atoms with Crippen molar-refractivity contribution in [2.75, 3.05) is 38.2 Å². The Hall–Kier alpha value is -3.72. The zero-order valence-corrected chi connectivity index (χ0v) is 18.4. The SMILES string of the molecule is CN1CCOc2cc(-c3ccc4[nH]nc(-c5cncc(OC6CCCNC6)n5)c4c3)cnc21. The molecule has 1 unspecified atom stereocenters. The van der Waals surface area contributed by atoms with Crippen LogP contribution in [0.2, 0.25) is 0 Å². The van der Waals surface area contributed by atoms with Crippen LogP contribution in [0.1, 0.15) is 12.8 Å². The number of nitrogens with zero attached hydrogens (tertiary/aromatic N) is 5. The molecule has 9 heteroatoms. The van der Waals surface area contributed by atoms with Gasteiger partial charge in [0.1, 0.15) is 24.1 Å². The molecule has 1 fully saturated rings. The Kier molecular flexibility index (Phi) is 5.03. The van der Waals surface area contributed by atoms with E-state index in [1.807, 2.05) is 25.4 Å². The molecule has 2 aliphatic rings. The smallest absolute Gasteiger partial charge is 0.233 e. The van der Waals surface area contributed by atoms with Crippen molar-refractivity contribution in [2.45, 2.75) is 18.9 Å². The zero-order valence-electron chi connectivity index (χ0n) is 18.4. The number of rotatable bonds is 4. The summed E-state index contributed by atoms with van der Waals surface area (Å²) in [5.41, 5.74) is 4.37. The highest BCUT2D eigenvalue weighted by atomic mass is 16.5. The third-order valence-corrected chi connectivity index (χ3v) is 6.17. The topological polar surface area (TPSA) is 101 Å². The fraction of sp³-hybridized carbons (Fsp3) is 0.333. The Morgan fingerprint density at radius 1 is 1.15 bits per heavy atom. The average molecular weight is 444 g/mol. The predicted molar refractivity (Wildman–Crippen MR) is 126 cm³/mol. The van der Waals surface area contributed by atoms with Gasteiger partial charge in [0.05, 0.1) is 24.5 Å². The molecule has 33 heavy (non-hydrogen) atoms. The van der Waals surface area contributed by atoms with Gasteiger partial charge >= 0.3 is 0 Å². The van der Waals surface area contributed by atoms with E-state index in [4.69, 9.17) is 14.5 Å². The van der Waals surface area contributed by atoms with Crippen LogP contribution in [0.4, 0.5) is 5.82 Å². The first-order chi connectivity index (χ1) is 16.2. The lowest BCUT2D eigenvalue weighted by atomic mass is 10.0. The number of piperidine rings is 1. The average Bonchev–Trinajstić information content (AvgIpc) is 3.28. The number of fused-ring (bicyclic) bond motifs is 2. The van der Waals surface area contributed by atoms with Crippen LogP contribution in [-0.2, 0) is 0 Å². The molecule has 6 rings (SSSR count). The van der Waals surface area contributed by atoms with Crippen LogP contribution in [0, 0.1) is 0 Å². The first-order valence-electron chi connectivity index (χ1n) is 11.3. The minimum atomic E-state index is 0.114. The van der Waals surface area contributed by atoms with E-state index in [2.05, 4.69) is 42.5 Å². The first-order valence-corrected chi connectivity index (χ1v) is 11.3. The van der Waals surface area contributed by atoms with Gasteiger partial charge in [-0.05, 0) is 43.1 Å². The third-order valence-electron chi connectivity index (χ3n) is 6.17. The van der Waals surface area contributed by atoms with Crippen molar-refractivity contribution in [3.63, 3.8) is 0 Å². The van der Waals surface area contributed by atoms with Gasteiger partial charge in [0.2, 0.25) is 5.88 Å². The molecule has 0 amide bonds. The molecular weight excluding hydrogens is 418 g/mol. The van der Waals surface area contributed by atoms with E-state index in [1.165, 1.54) is 0 Å². The summed E-state index contributed by atoms with van der Waals surface area (Å²) in [7, 11) is 2.03. The van der Waals surface area contributed by atoms with Gasteiger partial charge in [0.15, 0.2) is 11.6 Å². The lowest BCUT2D eigenvalue weighted by Gasteiger charge is -2.26. The molecule has 1 atom stereocenters. The van der Waals surface area contributed by atoms with E-state index in [9.17, 15) is 0 Å². The van der Waals surface area contributed by atoms with Crippen molar-refractivity contribution < 1.29 is 9.47 Å². The maximum absolute atomic E-state index is 6.06. The Balaban J connectivity index is 1.34. The number of H-pyrrole nitrogens is 1. The highest BCUT2D eigenvalue weighted by molar-refractivity contribution is 5.95. The summed E-state index contributed by atoms with van der Waals surface area (Å²) >= 11 is 0. The standard InChI is InChI=1S/C24H25N7O2/c1-31-7-8-32-21-10-16(11-27-24(21)31)15-4-5-19-18(9-15)23(30-29-19)20-13-26-14-22(28-20)33-17-3-2-6-25-12-17/h4-5,9-11,13-14,17,25H,2-3,6-8,12H2,1H3,(H,29,30). The zero-order chi connectivity index (χ0) is 22.2. The Labute approximate surface area is 191 Å². The first kappa shape index (κ1) is 19.9. The number of ether oxygens (including phenoxy) is 2. The second kappa shape index (κ2) is 8.32. The quantitative estimate of drug-likeness (QED) is 0.496. The van der Waals surface area contributed by atoms with Gasteiger partial charge in [-0.15, -0.1) is 0 Å². The molecule has 9 nitrogen and oxygen atoms in total. The molecule has 2 N–H and O–H groups in total. The normalized spacial score (nSPS) is 18.1. The fourth-order valence-corrected chi connectivity index (χ4v) is 4.39. The van der Waals surface area contributed by atoms with Crippen LogP contribution < -0.4 is 19.7 Å². The van der Waals surface area contributed by atoms with Gasteiger partial charge in [-0.3, -0.25) is 10.1 Å². The maximum atomic E-state index is 6.06. The Bertz CT molecular complexity index is 1300. The van der Waals surface area contributed by atoms with Gasteiger partial charge in [-0.25, -0.2) is 9.97 Å². The van der Waals surface area contributed by atoms with Crippen molar-refractivity contribution in [1.29, 1.82) is 0 Å². The lowest BCUT2D eigenvalue weighted by Crippen LogP contribution is -2.37. The van der Waals surface area contributed by atoms with Crippen LogP contribution in [0.5, 0.6) is 11.6 Å². The molecule has 0 bridgehead atoms. The minimum Gasteiger partial charge on any atom is -0.488 e. The summed E-state index contributed by atoms with van der Waals surface area (Å²) in [5, 5.41) is 12.0. The molecule has 3 aromatic heterocycles. The van der Waals surface area contributed by atoms with Gasteiger partial charge in [0.25, 0.3) is 0 Å². The third kappa shape index (κ3) is 3.84. The number of hydrogen-bond acceptors (Lipinski definition) is 8. The molecular formula is C24H25N7O2. The number of likely N-dealkylation sites (N-methyl/N-ethyl adjacent to an activating group) is 1. The van der Waals surface area contributed by atoms with Crippen LogP contribution in [0.25, 0.3) is 33.4 Å². The molecule has 2 aliphatic heterocycles. The van der Waals surface area contributed by atoms with E-state index in [1.54, 1.807) is 12.4 Å². The number of pyridine rings is 1. The number of benzene rings is 1. The summed E-state index contributed by atoms with van der Waals surface area (Å²) in [6.45, 7) is 3.36. The van der Waals surface area contributed by atoms with Gasteiger partial charge in [0, 0.05) is 30.7 Å². The Morgan fingerprint density at radius 3 is 3.03 bits per heavy atom. The summed E-state index contributed by atoms with van der Waals surface area (Å²) < 4.78 is 11.9. The molecule has 0 aliphatic carbocycles. The summed E-state index contributed by atoms with van der Waals surface area (Å²) in [5.74, 6) is 2.20. The predicted octanol–water partition coefficient (Wildman–Crippen LogP) is 3.04. The molecule has 0 radical (unpaired) electrons. The fourth-order valence-electron chi connectivity index (χ4n) is 4.39. The van der Waals surface area contributed by atoms with Crippen LogP contribution >= 0.6 is 0 Å². The second-order valence-corrected chi connectivity index (χ2v) is 8.48. The van der Waals surface area contributed by atoms with Crippen molar-refractivity contribution in [3.05, 3.63) is 42.9 Å². The molecule has 1 saturated heterocycles. The molecule has 4 aromatic rings. The van der Waals surface area contributed by atoms with Gasteiger partial charge < -0.3 is 19.7 Å². The van der Waals surface area contributed by atoms with Crippen molar-refractivity contribution in [1.82, 2.24) is 30.5 Å². The number of hydrogen-bond donors (Lipinski definition) is 2. The highest BCUT2D eigenvalue weighted by Gasteiger charge is 2.19. The van der Waals surface area contributed by atoms with Crippen molar-refractivity contribution in [2.24, 2.45) is 0 Å². The van der Waals surface area contributed by atoms with Crippen LogP contribution in [-0.4, -0.2) is 64.5 Å². The molecule has 168 valence electrons. The molecule has 1 aromatic carbocycles. The van der Waals surface area contributed by atoms with E-state index in [0.29, 0.717) is 18.2 Å². The molecule has 0 spiro atoms. The van der Waals surface area contributed by atoms with Crippen molar-refractivity contribution in [3.8, 4) is 34.1 Å². The minimum absolute atomic E-state index is 0.114. The van der Waals surface area contributed by atoms with Gasteiger partial charge in [-0.2, -0.15) is 5.10 Å². The highest BCUT2D eigenvalue weighted by Crippen LogP contribution is 2.35. The summed E-state index contributed by atoms with van der Waals surface area (Å²) in [4.78, 5) is 15.8. The van der Waals surface area contributed by atoms with Gasteiger partial charge in [-0.1, -0.05) is 6.07 Å². The monoisotopic (exact) mass is 443 g/mol. The van der Waals surface area contributed by atoms with E-state index >= 15 is 0 Å². The summed E-state index contributed by atoms with van der Waals surface area (Å²) in [6, 6.07) is 8.23. The van der Waals surface area contributed by atoms with Crippen molar-refractivity contribution >= 4 is 16.7 Å². The van der Waals surface area contributed by atoms with E-state index < -0.39 is 0 Å². The number of aromatic nitrogens is 5. The number of nitrogens with one attached hydrogen (secondary N) is 2. The van der Waals surface area contributed by atoms with E-state index in [-0.39, 0.29) is 6.10 Å². The molecule has 5 heterocycles. The second-order valence-electron chi connectivity index (χ2n) is 8.48. The lowest BCUT2D eigenvalue weighted by molar-refractivity contribution is 0.160. The maximum Gasteiger partial charge on any atom is 0.233 e. The van der Waals surface area contributed by atoms with Crippen LogP contribution in [0.15, 0.2) is 42.9 Å². The number of aromatic amines is 1.